The standard InChI is InChI=1S/C22H35N3O4/c1-27-15-10-22(21-23-20(29-24-21)18-6-13-28-14-7-18)8-11-25(12-9-22)19(26)16-17-4-2-3-5-17/h17-18H,2-16H2,1H3. The minimum Gasteiger partial charge on any atom is -0.385 e. The van der Waals surface area contributed by atoms with Crippen molar-refractivity contribution in [2.75, 3.05) is 40.0 Å². The predicted molar refractivity (Wildman–Crippen MR) is 108 cm³/mol. The van der Waals surface area contributed by atoms with Gasteiger partial charge >= 0.3 is 0 Å². The first-order valence-electron chi connectivity index (χ1n) is 11.4. The molecule has 0 spiro atoms. The molecule has 7 heteroatoms. The van der Waals surface area contributed by atoms with Crippen LogP contribution < -0.4 is 0 Å². The first kappa shape index (κ1) is 20.8. The Balaban J connectivity index is 1.41. The Morgan fingerprint density at radius 2 is 1.90 bits per heavy atom. The van der Waals surface area contributed by atoms with Gasteiger partial charge in [-0.15, -0.1) is 0 Å². The van der Waals surface area contributed by atoms with Crippen molar-refractivity contribution >= 4 is 5.91 Å². The minimum absolute atomic E-state index is 0.160. The van der Waals surface area contributed by atoms with Gasteiger partial charge in [0.2, 0.25) is 11.8 Å². The lowest BCUT2D eigenvalue weighted by atomic mass is 9.75. The highest BCUT2D eigenvalue weighted by Crippen LogP contribution is 2.39. The average Bonchev–Trinajstić information content (AvgIpc) is 3.46. The second kappa shape index (κ2) is 9.56. The first-order chi connectivity index (χ1) is 14.2. The van der Waals surface area contributed by atoms with Crippen LogP contribution in [0, 0.1) is 5.92 Å². The molecule has 2 aliphatic heterocycles. The largest absolute Gasteiger partial charge is 0.385 e. The maximum atomic E-state index is 12.8. The van der Waals surface area contributed by atoms with Gasteiger partial charge < -0.3 is 18.9 Å². The molecule has 4 rings (SSSR count). The van der Waals surface area contributed by atoms with E-state index in [1.807, 2.05) is 0 Å². The third-order valence-corrected chi connectivity index (χ3v) is 7.28. The summed E-state index contributed by atoms with van der Waals surface area (Å²) in [6, 6.07) is 0. The van der Waals surface area contributed by atoms with Crippen LogP contribution in [-0.2, 0) is 19.7 Å². The van der Waals surface area contributed by atoms with Crippen LogP contribution in [0.3, 0.4) is 0 Å². The number of nitrogens with zero attached hydrogens (tertiary/aromatic N) is 3. The molecule has 1 aromatic heterocycles. The van der Waals surface area contributed by atoms with Crippen LogP contribution in [0.1, 0.15) is 81.8 Å². The van der Waals surface area contributed by atoms with Crippen LogP contribution >= 0.6 is 0 Å². The fourth-order valence-electron chi connectivity index (χ4n) is 5.22. The Bertz CT molecular complexity index is 657. The van der Waals surface area contributed by atoms with Gasteiger partial charge in [0, 0.05) is 57.8 Å². The molecule has 7 nitrogen and oxygen atoms in total. The lowest BCUT2D eigenvalue weighted by Crippen LogP contribution is -2.46. The smallest absolute Gasteiger partial charge is 0.229 e. The van der Waals surface area contributed by atoms with E-state index in [0.29, 0.717) is 24.3 Å². The third kappa shape index (κ3) is 4.82. The molecule has 162 valence electrons. The molecule has 1 aliphatic carbocycles. The zero-order chi connectivity index (χ0) is 20.1. The van der Waals surface area contributed by atoms with Gasteiger partial charge in [0.15, 0.2) is 5.82 Å². The fourth-order valence-corrected chi connectivity index (χ4v) is 5.22. The summed E-state index contributed by atoms with van der Waals surface area (Å²) >= 11 is 0. The summed E-state index contributed by atoms with van der Waals surface area (Å²) in [6.07, 6.45) is 10.2. The van der Waals surface area contributed by atoms with Gasteiger partial charge in [0.1, 0.15) is 0 Å². The molecule has 0 radical (unpaired) electrons. The van der Waals surface area contributed by atoms with Crippen molar-refractivity contribution in [2.45, 2.75) is 75.5 Å². The van der Waals surface area contributed by atoms with E-state index in [-0.39, 0.29) is 5.41 Å². The summed E-state index contributed by atoms with van der Waals surface area (Å²) in [4.78, 5) is 19.7. The summed E-state index contributed by atoms with van der Waals surface area (Å²) in [5.74, 6) is 2.78. The number of piperidine rings is 1. The number of amides is 1. The molecule has 3 aliphatic rings. The van der Waals surface area contributed by atoms with Gasteiger partial charge in [-0.3, -0.25) is 4.79 Å². The van der Waals surface area contributed by atoms with Crippen LogP contribution in [0.2, 0.25) is 0 Å². The molecule has 29 heavy (non-hydrogen) atoms. The fraction of sp³-hybridized carbons (Fsp3) is 0.864. The van der Waals surface area contributed by atoms with Crippen molar-refractivity contribution < 1.29 is 18.8 Å². The van der Waals surface area contributed by atoms with Crippen LogP contribution in [0.4, 0.5) is 0 Å². The van der Waals surface area contributed by atoms with Crippen LogP contribution in [-0.4, -0.2) is 61.0 Å². The molecule has 1 amide bonds. The Morgan fingerprint density at radius 1 is 1.17 bits per heavy atom. The van der Waals surface area contributed by atoms with Crippen molar-refractivity contribution in [3.63, 3.8) is 0 Å². The molecule has 0 bridgehead atoms. The second-order valence-corrected chi connectivity index (χ2v) is 9.10. The maximum Gasteiger partial charge on any atom is 0.229 e. The molecular formula is C22H35N3O4. The summed E-state index contributed by atoms with van der Waals surface area (Å²) in [5.41, 5.74) is -0.160. The minimum atomic E-state index is -0.160. The van der Waals surface area contributed by atoms with Gasteiger partial charge in [-0.25, -0.2) is 0 Å². The van der Waals surface area contributed by atoms with E-state index in [1.165, 1.54) is 25.7 Å². The van der Waals surface area contributed by atoms with Crippen molar-refractivity contribution in [3.8, 4) is 0 Å². The second-order valence-electron chi connectivity index (χ2n) is 9.10. The molecule has 1 aromatic rings. The Kier molecular flexibility index (Phi) is 6.85. The number of carbonyl (C=O) groups is 1. The van der Waals surface area contributed by atoms with Gasteiger partial charge in [-0.05, 0) is 50.9 Å². The number of methoxy groups -OCH3 is 1. The summed E-state index contributed by atoms with van der Waals surface area (Å²) in [7, 11) is 1.73. The zero-order valence-corrected chi connectivity index (χ0v) is 17.7. The van der Waals surface area contributed by atoms with Crippen molar-refractivity contribution in [1.82, 2.24) is 15.0 Å². The Morgan fingerprint density at radius 3 is 2.59 bits per heavy atom. The highest BCUT2D eigenvalue weighted by Gasteiger charge is 2.41. The topological polar surface area (TPSA) is 77.7 Å². The molecular weight excluding hydrogens is 370 g/mol. The Labute approximate surface area is 173 Å². The monoisotopic (exact) mass is 405 g/mol. The normalized spacial score (nSPS) is 23.6. The summed E-state index contributed by atoms with van der Waals surface area (Å²) in [6.45, 7) is 3.73. The number of carbonyl (C=O) groups excluding carboxylic acids is 1. The highest BCUT2D eigenvalue weighted by atomic mass is 16.5. The van der Waals surface area contributed by atoms with Crippen molar-refractivity contribution in [3.05, 3.63) is 11.7 Å². The van der Waals surface area contributed by atoms with E-state index in [1.54, 1.807) is 7.11 Å². The van der Waals surface area contributed by atoms with Crippen LogP contribution in [0.15, 0.2) is 4.52 Å². The highest BCUT2D eigenvalue weighted by molar-refractivity contribution is 5.76. The SMILES string of the molecule is COCCC1(c2noc(C3CCOCC3)n2)CCN(C(=O)CC2CCCC2)CC1. The molecule has 3 heterocycles. The molecule has 0 N–H and O–H groups in total. The summed E-state index contributed by atoms with van der Waals surface area (Å²) < 4.78 is 16.5. The molecule has 2 saturated heterocycles. The number of hydrogen-bond donors (Lipinski definition) is 0. The number of ether oxygens (including phenoxy) is 2. The summed E-state index contributed by atoms with van der Waals surface area (Å²) in [5, 5.41) is 4.41. The molecule has 3 fully saturated rings. The van der Waals surface area contributed by atoms with Crippen LogP contribution in [0.5, 0.6) is 0 Å². The zero-order valence-electron chi connectivity index (χ0n) is 17.7. The number of rotatable bonds is 7. The quantitative estimate of drug-likeness (QED) is 0.691. The average molecular weight is 406 g/mol. The Hall–Kier alpha value is -1.47. The van der Waals surface area contributed by atoms with Crippen molar-refractivity contribution in [1.29, 1.82) is 0 Å². The number of aromatic nitrogens is 2. The van der Waals surface area contributed by atoms with Crippen molar-refractivity contribution in [2.24, 2.45) is 5.92 Å². The van der Waals surface area contributed by atoms with Gasteiger partial charge in [0.05, 0.1) is 0 Å². The number of hydrogen-bond acceptors (Lipinski definition) is 6. The van der Waals surface area contributed by atoms with Crippen LogP contribution in [0.25, 0.3) is 0 Å². The first-order valence-corrected chi connectivity index (χ1v) is 11.4. The van der Waals surface area contributed by atoms with E-state index >= 15 is 0 Å². The predicted octanol–water partition coefficient (Wildman–Crippen LogP) is 3.44. The van der Waals surface area contributed by atoms with E-state index in [9.17, 15) is 4.79 Å². The van der Waals surface area contributed by atoms with Gasteiger partial charge in [-0.1, -0.05) is 18.0 Å². The van der Waals surface area contributed by atoms with E-state index < -0.39 is 0 Å². The maximum absolute atomic E-state index is 12.8. The van der Waals surface area contributed by atoms with E-state index in [4.69, 9.17) is 19.0 Å². The third-order valence-electron chi connectivity index (χ3n) is 7.28. The molecule has 0 atom stereocenters. The molecule has 1 saturated carbocycles. The molecule has 0 unspecified atom stereocenters. The van der Waals surface area contributed by atoms with Gasteiger partial charge in [0.25, 0.3) is 0 Å². The van der Waals surface area contributed by atoms with Gasteiger partial charge in [-0.2, -0.15) is 4.98 Å². The van der Waals surface area contributed by atoms with E-state index in [2.05, 4.69) is 10.1 Å². The lowest BCUT2D eigenvalue weighted by molar-refractivity contribution is -0.134. The lowest BCUT2D eigenvalue weighted by Gasteiger charge is -2.40. The van der Waals surface area contributed by atoms with E-state index in [0.717, 1.165) is 76.5 Å². The molecule has 0 aromatic carbocycles. The number of likely N-dealkylation sites (tertiary alicyclic amines) is 1.